The second kappa shape index (κ2) is 11.1. The number of unbranched alkanes of at least 4 members (excludes halogenated alkanes) is 3. The van der Waals surface area contributed by atoms with E-state index in [1.165, 1.54) is 54.3 Å². The van der Waals surface area contributed by atoms with Crippen LogP contribution in [-0.2, 0) is 3.86 Å². The van der Waals surface area contributed by atoms with Crippen molar-refractivity contribution in [2.24, 2.45) is 5.16 Å². The van der Waals surface area contributed by atoms with Crippen LogP contribution in [0.3, 0.4) is 0 Å². The van der Waals surface area contributed by atoms with E-state index in [0.29, 0.717) is 0 Å². The van der Waals surface area contributed by atoms with Gasteiger partial charge in [-0.05, 0) is 0 Å². The Hall–Kier alpha value is 0.0129. The van der Waals surface area contributed by atoms with E-state index in [9.17, 15) is 0 Å². The fraction of sp³-hybridized carbons (Fsp3) is 0.929. The van der Waals surface area contributed by atoms with Crippen LogP contribution in [0.15, 0.2) is 5.16 Å². The molecule has 17 heavy (non-hydrogen) atoms. The second-order valence-corrected chi connectivity index (χ2v) is 13.4. The Kier molecular flexibility index (Phi) is 11.1. The summed E-state index contributed by atoms with van der Waals surface area (Å²) in [5.74, 6) is 0. The minimum absolute atomic E-state index is 1.28. The third kappa shape index (κ3) is 7.85. The minimum atomic E-state index is -2.13. The van der Waals surface area contributed by atoms with E-state index >= 15 is 0 Å². The van der Waals surface area contributed by atoms with E-state index in [2.05, 4.69) is 25.9 Å². The zero-order chi connectivity index (χ0) is 13.0. The van der Waals surface area contributed by atoms with E-state index in [1.54, 1.807) is 0 Å². The summed E-state index contributed by atoms with van der Waals surface area (Å²) in [5, 5.41) is 8.18. The second-order valence-electron chi connectivity index (χ2n) is 4.95. The van der Waals surface area contributed by atoms with Crippen molar-refractivity contribution in [3.05, 3.63) is 0 Å². The molecule has 0 aliphatic carbocycles. The number of rotatable bonds is 11. The van der Waals surface area contributed by atoms with E-state index in [0.717, 1.165) is 0 Å². The van der Waals surface area contributed by atoms with Gasteiger partial charge in [0.05, 0.1) is 0 Å². The van der Waals surface area contributed by atoms with Crippen LogP contribution in [-0.4, -0.2) is 19.8 Å². The van der Waals surface area contributed by atoms with Crippen LogP contribution in [0.4, 0.5) is 0 Å². The first-order chi connectivity index (χ1) is 8.24. The van der Waals surface area contributed by atoms with Crippen LogP contribution < -0.4 is 0 Å². The topological polar surface area (TPSA) is 21.6 Å². The standard InChI is InChI=1S/C14H31GeNO/c1-5-9-12-15(13-10-6-2,14-11-7-3)17-16-8-4/h8H,5-7,9-14H2,1-4H3/b16-8+. The van der Waals surface area contributed by atoms with E-state index in [-0.39, 0.29) is 0 Å². The van der Waals surface area contributed by atoms with Gasteiger partial charge in [-0.1, -0.05) is 0 Å². The molecule has 0 N–H and O–H groups in total. The predicted molar refractivity (Wildman–Crippen MR) is 80.2 cm³/mol. The first-order valence-electron chi connectivity index (χ1n) is 7.40. The summed E-state index contributed by atoms with van der Waals surface area (Å²) in [4.78, 5) is 0. The monoisotopic (exact) mass is 303 g/mol. The molecule has 0 fully saturated rings. The van der Waals surface area contributed by atoms with Gasteiger partial charge in [-0.3, -0.25) is 0 Å². The zero-order valence-electron chi connectivity index (χ0n) is 12.3. The first-order valence-corrected chi connectivity index (χ1v) is 12.7. The molecule has 102 valence electrons. The molecule has 0 amide bonds. The molecular weight excluding hydrogens is 271 g/mol. The van der Waals surface area contributed by atoms with Crippen molar-refractivity contribution in [2.75, 3.05) is 0 Å². The summed E-state index contributed by atoms with van der Waals surface area (Å²) in [6, 6.07) is 0. The van der Waals surface area contributed by atoms with Gasteiger partial charge in [-0.2, -0.15) is 0 Å². The predicted octanol–water partition coefficient (Wildman–Crippen LogP) is 5.35. The van der Waals surface area contributed by atoms with Crippen molar-refractivity contribution in [1.29, 1.82) is 0 Å². The van der Waals surface area contributed by atoms with Crippen LogP contribution in [0.5, 0.6) is 0 Å². The van der Waals surface area contributed by atoms with Crippen molar-refractivity contribution in [1.82, 2.24) is 0 Å². The van der Waals surface area contributed by atoms with Gasteiger partial charge < -0.3 is 0 Å². The van der Waals surface area contributed by atoms with Gasteiger partial charge in [0.15, 0.2) is 0 Å². The third-order valence-electron chi connectivity index (χ3n) is 3.31. The fourth-order valence-electron chi connectivity index (χ4n) is 2.17. The molecule has 0 aromatic heterocycles. The molecule has 0 heterocycles. The van der Waals surface area contributed by atoms with Gasteiger partial charge in [0.1, 0.15) is 0 Å². The van der Waals surface area contributed by atoms with Gasteiger partial charge in [-0.15, -0.1) is 0 Å². The summed E-state index contributed by atoms with van der Waals surface area (Å²) in [6.07, 6.45) is 9.63. The molecule has 0 radical (unpaired) electrons. The van der Waals surface area contributed by atoms with Crippen molar-refractivity contribution in [3.8, 4) is 0 Å². The Morgan fingerprint density at radius 2 is 1.29 bits per heavy atom. The van der Waals surface area contributed by atoms with Crippen LogP contribution in [0.1, 0.15) is 66.2 Å². The normalized spacial score (nSPS) is 12.2. The van der Waals surface area contributed by atoms with Crippen molar-refractivity contribution < 1.29 is 3.86 Å². The van der Waals surface area contributed by atoms with E-state index in [4.69, 9.17) is 3.86 Å². The molecule has 0 unspecified atom stereocenters. The van der Waals surface area contributed by atoms with Crippen LogP contribution in [0.25, 0.3) is 0 Å². The summed E-state index contributed by atoms with van der Waals surface area (Å²) in [6.45, 7) is 8.77. The van der Waals surface area contributed by atoms with Crippen molar-refractivity contribution in [3.63, 3.8) is 0 Å². The molecule has 3 heteroatoms. The number of oxime groups is 1. The summed E-state index contributed by atoms with van der Waals surface area (Å²) >= 11 is -2.13. The van der Waals surface area contributed by atoms with Gasteiger partial charge in [0, 0.05) is 0 Å². The summed E-state index contributed by atoms with van der Waals surface area (Å²) in [7, 11) is 0. The van der Waals surface area contributed by atoms with Crippen LogP contribution >= 0.6 is 0 Å². The van der Waals surface area contributed by atoms with Crippen LogP contribution in [0.2, 0.25) is 15.8 Å². The number of hydrogen-bond acceptors (Lipinski definition) is 2. The van der Waals surface area contributed by atoms with Gasteiger partial charge in [0.25, 0.3) is 0 Å². The third-order valence-corrected chi connectivity index (χ3v) is 12.3. The Morgan fingerprint density at radius 3 is 1.59 bits per heavy atom. The average Bonchev–Trinajstić information content (AvgIpc) is 2.37. The molecule has 0 bridgehead atoms. The molecule has 0 atom stereocenters. The van der Waals surface area contributed by atoms with Crippen LogP contribution in [0, 0.1) is 0 Å². The maximum atomic E-state index is 6.04. The average molecular weight is 302 g/mol. The Balaban J connectivity index is 4.50. The molecule has 0 saturated carbocycles. The molecule has 0 aromatic carbocycles. The van der Waals surface area contributed by atoms with E-state index in [1.807, 2.05) is 13.1 Å². The molecule has 0 aromatic rings. The molecule has 0 rings (SSSR count). The van der Waals surface area contributed by atoms with Crippen molar-refractivity contribution in [2.45, 2.75) is 82.0 Å². The Labute approximate surface area is 111 Å². The number of hydrogen-bond donors (Lipinski definition) is 0. The Bertz CT molecular complexity index is 173. The first kappa shape index (κ1) is 17.0. The molecule has 0 spiro atoms. The summed E-state index contributed by atoms with van der Waals surface area (Å²) in [5.41, 5.74) is 0. The maximum absolute atomic E-state index is 6.04. The van der Waals surface area contributed by atoms with Gasteiger partial charge in [-0.25, -0.2) is 0 Å². The molecule has 0 aliphatic rings. The zero-order valence-corrected chi connectivity index (χ0v) is 14.4. The van der Waals surface area contributed by atoms with Gasteiger partial charge >= 0.3 is 111 Å². The quantitative estimate of drug-likeness (QED) is 0.286. The molecule has 2 nitrogen and oxygen atoms in total. The fourth-order valence-corrected chi connectivity index (χ4v) is 11.3. The Morgan fingerprint density at radius 1 is 0.882 bits per heavy atom. The summed E-state index contributed by atoms with van der Waals surface area (Å²) < 4.78 is 6.04. The SMILES string of the molecule is C/C=N/[O][Ge]([CH2]CCC)([CH2]CCC)[CH2]CCC. The van der Waals surface area contributed by atoms with E-state index < -0.39 is 13.6 Å². The van der Waals surface area contributed by atoms with Gasteiger partial charge in [0.2, 0.25) is 0 Å². The van der Waals surface area contributed by atoms with Crippen molar-refractivity contribution >= 4 is 19.8 Å². The molecule has 0 aliphatic heterocycles. The molecular formula is C14H31GeNO. The molecule has 0 saturated heterocycles. The number of nitrogens with zero attached hydrogens (tertiary/aromatic N) is 1.